The molecule has 1 N–H and O–H groups in total. The summed E-state index contributed by atoms with van der Waals surface area (Å²) in [6, 6.07) is 3.28. The molecule has 5 heteroatoms. The number of hydrogen-bond donors (Lipinski definition) is 1. The van der Waals surface area contributed by atoms with Crippen molar-refractivity contribution >= 4 is 28.1 Å². The summed E-state index contributed by atoms with van der Waals surface area (Å²) in [6.07, 6.45) is 2.15. The molecule has 0 aliphatic heterocycles. The van der Waals surface area contributed by atoms with Gasteiger partial charge in [-0.15, -0.1) is 0 Å². The van der Waals surface area contributed by atoms with Gasteiger partial charge in [0.2, 0.25) is 0 Å². The van der Waals surface area contributed by atoms with Crippen LogP contribution in [-0.4, -0.2) is 23.7 Å². The minimum absolute atomic E-state index is 0.0105. The molecule has 1 aromatic rings. The van der Waals surface area contributed by atoms with Gasteiger partial charge in [-0.2, -0.15) is 0 Å². The van der Waals surface area contributed by atoms with Gasteiger partial charge < -0.3 is 10.1 Å². The Kier molecular flexibility index (Phi) is 3.57. The van der Waals surface area contributed by atoms with Crippen LogP contribution in [0, 0.1) is 0 Å². The molecule has 1 heterocycles. The quantitative estimate of drug-likeness (QED) is 0.797. The van der Waals surface area contributed by atoms with E-state index in [1.807, 2.05) is 0 Å². The molecule has 0 saturated carbocycles. The molecule has 1 rings (SSSR count). The zero-order valence-corrected chi connectivity index (χ0v) is 8.24. The van der Waals surface area contributed by atoms with Gasteiger partial charge in [0.25, 0.3) is 5.91 Å². The van der Waals surface area contributed by atoms with Crippen LogP contribution in [0.3, 0.4) is 0 Å². The first-order valence-corrected chi connectivity index (χ1v) is 4.36. The Labute approximate surface area is 83.5 Å². The van der Waals surface area contributed by atoms with Gasteiger partial charge >= 0.3 is 0 Å². The van der Waals surface area contributed by atoms with Gasteiger partial charge in [0.05, 0.1) is 6.54 Å². The minimum Gasteiger partial charge on any atom is -0.344 e. The van der Waals surface area contributed by atoms with Gasteiger partial charge in [0.1, 0.15) is 12.0 Å². The highest BCUT2D eigenvalue weighted by atomic mass is 79.9. The molecule has 0 aliphatic carbocycles. The van der Waals surface area contributed by atoms with Crippen LogP contribution < -0.4 is 5.32 Å². The average molecular weight is 243 g/mol. The van der Waals surface area contributed by atoms with Crippen molar-refractivity contribution in [2.45, 2.75) is 0 Å². The number of hydrogen-bond acceptors (Lipinski definition) is 3. The molecule has 0 atom stereocenters. The number of amides is 1. The van der Waals surface area contributed by atoms with E-state index in [-0.39, 0.29) is 12.5 Å². The Morgan fingerprint density at radius 3 is 2.92 bits per heavy atom. The number of rotatable bonds is 3. The van der Waals surface area contributed by atoms with Crippen molar-refractivity contribution in [1.29, 1.82) is 0 Å². The maximum Gasteiger partial charge on any atom is 0.270 e. The van der Waals surface area contributed by atoms with Crippen molar-refractivity contribution in [2.24, 2.45) is 0 Å². The highest BCUT2D eigenvalue weighted by Gasteiger charge is 2.04. The predicted molar refractivity (Wildman–Crippen MR) is 50.3 cm³/mol. The highest BCUT2D eigenvalue weighted by molar-refractivity contribution is 9.10. The molecule has 1 amide bonds. The molecule has 0 saturated heterocycles. The van der Waals surface area contributed by atoms with Gasteiger partial charge in [-0.05, 0) is 28.1 Å². The van der Waals surface area contributed by atoms with Crippen LogP contribution in [0.15, 0.2) is 22.8 Å². The number of nitrogens with zero attached hydrogens (tertiary/aromatic N) is 1. The SMILES string of the molecule is O=CCNC(=O)c1ccc(Br)cn1. The van der Waals surface area contributed by atoms with Crippen molar-refractivity contribution < 1.29 is 9.59 Å². The monoisotopic (exact) mass is 242 g/mol. The molecule has 0 unspecified atom stereocenters. The summed E-state index contributed by atoms with van der Waals surface area (Å²) >= 11 is 3.20. The fourth-order valence-electron chi connectivity index (χ4n) is 0.735. The molecule has 0 aromatic carbocycles. The lowest BCUT2D eigenvalue weighted by molar-refractivity contribution is -0.107. The van der Waals surface area contributed by atoms with E-state index < -0.39 is 0 Å². The van der Waals surface area contributed by atoms with Crippen molar-refractivity contribution in [3.63, 3.8) is 0 Å². The number of pyridine rings is 1. The first-order valence-electron chi connectivity index (χ1n) is 3.57. The van der Waals surface area contributed by atoms with Crippen LogP contribution in [0.4, 0.5) is 0 Å². The number of nitrogens with one attached hydrogen (secondary N) is 1. The van der Waals surface area contributed by atoms with E-state index in [4.69, 9.17) is 0 Å². The van der Waals surface area contributed by atoms with Gasteiger partial charge in [-0.3, -0.25) is 4.79 Å². The number of halogens is 1. The van der Waals surface area contributed by atoms with Gasteiger partial charge in [0.15, 0.2) is 0 Å². The smallest absolute Gasteiger partial charge is 0.270 e. The summed E-state index contributed by atoms with van der Waals surface area (Å²) in [5, 5.41) is 2.38. The maximum atomic E-state index is 11.2. The summed E-state index contributed by atoms with van der Waals surface area (Å²) in [6.45, 7) is 0.0105. The van der Waals surface area contributed by atoms with Crippen LogP contribution in [-0.2, 0) is 4.79 Å². The Morgan fingerprint density at radius 1 is 1.62 bits per heavy atom. The Bertz CT molecular complexity index is 310. The number of carbonyl (C=O) groups is 2. The van der Waals surface area contributed by atoms with Crippen molar-refractivity contribution in [3.05, 3.63) is 28.5 Å². The summed E-state index contributed by atoms with van der Waals surface area (Å²) in [4.78, 5) is 25.0. The average Bonchev–Trinajstić information content (AvgIpc) is 2.15. The number of aldehydes is 1. The molecule has 0 fully saturated rings. The second kappa shape index (κ2) is 4.71. The molecule has 0 spiro atoms. The van der Waals surface area contributed by atoms with E-state index in [0.717, 1.165) is 4.47 Å². The van der Waals surface area contributed by atoms with Crippen molar-refractivity contribution in [3.8, 4) is 0 Å². The number of carbonyl (C=O) groups excluding carboxylic acids is 2. The fourth-order valence-corrected chi connectivity index (χ4v) is 0.970. The van der Waals surface area contributed by atoms with E-state index in [1.165, 1.54) is 6.20 Å². The molecule has 68 valence electrons. The topological polar surface area (TPSA) is 59.1 Å². The van der Waals surface area contributed by atoms with Crippen LogP contribution in [0.1, 0.15) is 10.5 Å². The predicted octanol–water partition coefficient (Wildman–Crippen LogP) is 0.773. The molecule has 4 nitrogen and oxygen atoms in total. The minimum atomic E-state index is -0.348. The second-order valence-corrected chi connectivity index (χ2v) is 3.15. The summed E-state index contributed by atoms with van der Waals surface area (Å²) in [5.74, 6) is -0.348. The van der Waals surface area contributed by atoms with Crippen molar-refractivity contribution in [2.75, 3.05) is 6.54 Å². The summed E-state index contributed by atoms with van der Waals surface area (Å²) in [7, 11) is 0. The third-order valence-corrected chi connectivity index (χ3v) is 1.78. The first kappa shape index (κ1) is 9.85. The fraction of sp³-hybridized carbons (Fsp3) is 0.125. The van der Waals surface area contributed by atoms with E-state index in [2.05, 4.69) is 26.2 Å². The Balaban J connectivity index is 2.66. The van der Waals surface area contributed by atoms with Crippen LogP contribution in [0.5, 0.6) is 0 Å². The summed E-state index contributed by atoms with van der Waals surface area (Å²) < 4.78 is 0.805. The van der Waals surface area contributed by atoms with E-state index in [0.29, 0.717) is 12.0 Å². The van der Waals surface area contributed by atoms with Crippen LogP contribution >= 0.6 is 15.9 Å². The third kappa shape index (κ3) is 2.95. The standard InChI is InChI=1S/C8H7BrN2O2/c9-6-1-2-7(11-5-6)8(13)10-3-4-12/h1-2,4-5H,3H2,(H,10,13). The molecular formula is C8H7BrN2O2. The highest BCUT2D eigenvalue weighted by Crippen LogP contribution is 2.06. The van der Waals surface area contributed by atoms with E-state index in [9.17, 15) is 9.59 Å². The maximum absolute atomic E-state index is 11.2. The Hall–Kier alpha value is -1.23. The van der Waals surface area contributed by atoms with Crippen molar-refractivity contribution in [1.82, 2.24) is 10.3 Å². The summed E-state index contributed by atoms with van der Waals surface area (Å²) in [5.41, 5.74) is 0.296. The zero-order chi connectivity index (χ0) is 9.68. The normalized spacial score (nSPS) is 9.31. The van der Waals surface area contributed by atoms with Crippen LogP contribution in [0.25, 0.3) is 0 Å². The van der Waals surface area contributed by atoms with Crippen LogP contribution in [0.2, 0.25) is 0 Å². The molecule has 0 bridgehead atoms. The largest absolute Gasteiger partial charge is 0.344 e. The molecular weight excluding hydrogens is 236 g/mol. The first-order chi connectivity index (χ1) is 6.24. The van der Waals surface area contributed by atoms with Gasteiger partial charge in [-0.25, -0.2) is 4.98 Å². The Morgan fingerprint density at radius 2 is 2.38 bits per heavy atom. The zero-order valence-electron chi connectivity index (χ0n) is 6.66. The lowest BCUT2D eigenvalue weighted by Crippen LogP contribution is -2.25. The lowest BCUT2D eigenvalue weighted by Gasteiger charge is -1.99. The third-order valence-electron chi connectivity index (χ3n) is 1.31. The molecule has 0 aliphatic rings. The lowest BCUT2D eigenvalue weighted by atomic mass is 10.3. The van der Waals surface area contributed by atoms with Gasteiger partial charge in [-0.1, -0.05) is 0 Å². The molecule has 13 heavy (non-hydrogen) atoms. The van der Waals surface area contributed by atoms with Gasteiger partial charge in [0, 0.05) is 10.7 Å². The van der Waals surface area contributed by atoms with E-state index in [1.54, 1.807) is 12.1 Å². The van der Waals surface area contributed by atoms with E-state index >= 15 is 0 Å². The number of aromatic nitrogens is 1. The molecule has 0 radical (unpaired) electrons. The molecule has 1 aromatic heterocycles. The second-order valence-electron chi connectivity index (χ2n) is 2.24.